The molecule has 1 aliphatic heterocycles. The topological polar surface area (TPSA) is 90.3 Å². The molecule has 0 aliphatic carbocycles. The smallest absolute Gasteiger partial charge is 0.408 e. The highest BCUT2D eigenvalue weighted by Crippen LogP contribution is 2.39. The van der Waals surface area contributed by atoms with Crippen LogP contribution >= 0.6 is 0 Å². The molecule has 0 spiro atoms. The first-order valence-corrected chi connectivity index (χ1v) is 12.3. The van der Waals surface area contributed by atoms with Crippen molar-refractivity contribution in [3.63, 3.8) is 0 Å². The number of likely N-dealkylation sites (tertiary alicyclic amines) is 1. The summed E-state index contributed by atoms with van der Waals surface area (Å²) in [6, 6.07) is 13.7. The Kier molecular flexibility index (Phi) is 8.11. The maximum Gasteiger partial charge on any atom is 0.408 e. The number of carbonyl (C=O) groups is 2. The van der Waals surface area contributed by atoms with Crippen LogP contribution in [0, 0.1) is 6.92 Å². The van der Waals surface area contributed by atoms with Crippen LogP contribution in [0.5, 0.6) is 5.75 Å². The molecule has 7 nitrogen and oxygen atoms in total. The fourth-order valence-electron chi connectivity index (χ4n) is 4.80. The first-order chi connectivity index (χ1) is 16.5. The lowest BCUT2D eigenvalue weighted by Gasteiger charge is -2.52. The Morgan fingerprint density at radius 3 is 2.29 bits per heavy atom. The van der Waals surface area contributed by atoms with Crippen LogP contribution in [0.1, 0.15) is 57.2 Å². The van der Waals surface area contributed by atoms with Gasteiger partial charge < -0.3 is 19.8 Å². The molecule has 35 heavy (non-hydrogen) atoms. The van der Waals surface area contributed by atoms with E-state index in [1.54, 1.807) is 49.9 Å². The van der Waals surface area contributed by atoms with Crippen LogP contribution in [-0.4, -0.2) is 63.3 Å². The predicted molar refractivity (Wildman–Crippen MR) is 136 cm³/mol. The average Bonchev–Trinajstić information content (AvgIpc) is 2.75. The van der Waals surface area contributed by atoms with Crippen LogP contribution in [0.2, 0.25) is 0 Å². The summed E-state index contributed by atoms with van der Waals surface area (Å²) < 4.78 is 6.39. The lowest BCUT2D eigenvalue weighted by Crippen LogP contribution is -2.67. The number of carboxylic acid groups (broad SMARTS) is 1. The Morgan fingerprint density at radius 2 is 1.74 bits per heavy atom. The number of nitrogens with zero attached hydrogens (tertiary/aromatic N) is 2. The van der Waals surface area contributed by atoms with E-state index in [9.17, 15) is 19.8 Å². The molecule has 1 unspecified atom stereocenters. The summed E-state index contributed by atoms with van der Waals surface area (Å²) in [5.74, 6) is -0.115. The van der Waals surface area contributed by atoms with Gasteiger partial charge in [0.15, 0.2) is 0 Å². The Morgan fingerprint density at radius 1 is 1.11 bits per heavy atom. The zero-order chi connectivity index (χ0) is 25.8. The SMILES string of the molecule is CCCCOC1(c2ccccc2C)CN(C(=O)C(Cc2ccc(O)cc2)N(C(=O)O)C(C)(C)C)C1. The van der Waals surface area contributed by atoms with Crippen molar-refractivity contribution in [1.29, 1.82) is 0 Å². The molecular weight excluding hydrogens is 444 g/mol. The summed E-state index contributed by atoms with van der Waals surface area (Å²) in [5, 5.41) is 19.7. The van der Waals surface area contributed by atoms with E-state index in [2.05, 4.69) is 13.0 Å². The Hall–Kier alpha value is -3.06. The first kappa shape index (κ1) is 26.5. The number of phenols is 1. The van der Waals surface area contributed by atoms with Crippen molar-refractivity contribution >= 4 is 12.0 Å². The van der Waals surface area contributed by atoms with Gasteiger partial charge in [0.2, 0.25) is 5.91 Å². The largest absolute Gasteiger partial charge is 0.508 e. The second-order valence-corrected chi connectivity index (χ2v) is 10.4. The van der Waals surface area contributed by atoms with Gasteiger partial charge in [-0.15, -0.1) is 0 Å². The number of unbranched alkanes of at least 4 members (excludes halogenated alkanes) is 1. The molecule has 7 heteroatoms. The molecule has 1 saturated heterocycles. The molecule has 0 radical (unpaired) electrons. The number of aromatic hydroxyl groups is 1. The van der Waals surface area contributed by atoms with E-state index in [0.29, 0.717) is 19.7 Å². The number of aryl methyl sites for hydroxylation is 1. The van der Waals surface area contributed by atoms with E-state index < -0.39 is 23.3 Å². The monoisotopic (exact) mass is 482 g/mol. The molecule has 1 heterocycles. The Balaban J connectivity index is 1.90. The average molecular weight is 483 g/mol. The summed E-state index contributed by atoms with van der Waals surface area (Å²) in [7, 11) is 0. The van der Waals surface area contributed by atoms with Gasteiger partial charge in [0.05, 0.1) is 13.1 Å². The third-order valence-electron chi connectivity index (χ3n) is 6.61. The van der Waals surface area contributed by atoms with Crippen molar-refractivity contribution in [3.8, 4) is 5.75 Å². The van der Waals surface area contributed by atoms with Crippen LogP contribution in [-0.2, 0) is 21.6 Å². The summed E-state index contributed by atoms with van der Waals surface area (Å²) in [6.45, 7) is 10.9. The van der Waals surface area contributed by atoms with Crippen LogP contribution in [0.3, 0.4) is 0 Å². The highest BCUT2D eigenvalue weighted by Gasteiger charge is 2.51. The fourth-order valence-corrected chi connectivity index (χ4v) is 4.80. The Bertz CT molecular complexity index is 1020. The highest BCUT2D eigenvalue weighted by atomic mass is 16.5. The van der Waals surface area contributed by atoms with E-state index in [1.807, 2.05) is 25.1 Å². The van der Waals surface area contributed by atoms with Crippen molar-refractivity contribution in [2.24, 2.45) is 0 Å². The van der Waals surface area contributed by atoms with Gasteiger partial charge in [0.1, 0.15) is 17.4 Å². The number of carbonyl (C=O) groups excluding carboxylic acids is 1. The van der Waals surface area contributed by atoms with Gasteiger partial charge in [-0.1, -0.05) is 49.7 Å². The van der Waals surface area contributed by atoms with E-state index in [4.69, 9.17) is 4.74 Å². The number of rotatable bonds is 9. The van der Waals surface area contributed by atoms with Gasteiger partial charge in [-0.2, -0.15) is 0 Å². The quantitative estimate of drug-likeness (QED) is 0.494. The molecule has 1 atom stereocenters. The molecule has 0 saturated carbocycles. The van der Waals surface area contributed by atoms with Crippen molar-refractivity contribution in [2.45, 2.75) is 71.1 Å². The molecule has 0 aromatic heterocycles. The first-order valence-electron chi connectivity index (χ1n) is 12.3. The minimum atomic E-state index is -1.14. The Labute approximate surface area is 208 Å². The van der Waals surface area contributed by atoms with Crippen molar-refractivity contribution in [3.05, 3.63) is 65.2 Å². The van der Waals surface area contributed by atoms with Crippen molar-refractivity contribution < 1.29 is 24.5 Å². The zero-order valence-corrected chi connectivity index (χ0v) is 21.5. The lowest BCUT2D eigenvalue weighted by molar-refractivity contribution is -0.178. The molecule has 3 rings (SSSR count). The standard InChI is InChI=1S/C28H38N2O5/c1-6-7-16-35-28(23-11-9-8-10-20(23)2)18-29(19-28)25(32)24(30(26(33)34)27(3,4)5)17-21-12-14-22(31)15-13-21/h8-15,24,31H,6-7,16-19H2,1-5H3,(H,33,34). The highest BCUT2D eigenvalue weighted by molar-refractivity contribution is 5.87. The van der Waals surface area contributed by atoms with Crippen LogP contribution in [0.25, 0.3) is 0 Å². The summed E-state index contributed by atoms with van der Waals surface area (Å²) in [4.78, 5) is 29.1. The molecule has 0 bridgehead atoms. The number of ether oxygens (including phenoxy) is 1. The third kappa shape index (κ3) is 5.96. The minimum absolute atomic E-state index is 0.123. The van der Waals surface area contributed by atoms with Gasteiger partial charge in [-0.3, -0.25) is 9.69 Å². The normalized spacial score (nSPS) is 15.9. The zero-order valence-electron chi connectivity index (χ0n) is 21.5. The second-order valence-electron chi connectivity index (χ2n) is 10.4. The number of amides is 2. The van der Waals surface area contributed by atoms with Gasteiger partial charge in [-0.25, -0.2) is 4.79 Å². The molecule has 190 valence electrons. The van der Waals surface area contributed by atoms with Gasteiger partial charge in [0.25, 0.3) is 0 Å². The van der Waals surface area contributed by atoms with E-state index in [1.165, 1.54) is 4.90 Å². The maximum atomic E-state index is 13.8. The van der Waals surface area contributed by atoms with Gasteiger partial charge in [-0.05, 0) is 62.9 Å². The number of hydrogen-bond acceptors (Lipinski definition) is 4. The van der Waals surface area contributed by atoms with E-state index >= 15 is 0 Å². The van der Waals surface area contributed by atoms with Crippen molar-refractivity contribution in [2.75, 3.05) is 19.7 Å². The lowest BCUT2D eigenvalue weighted by atomic mass is 9.82. The van der Waals surface area contributed by atoms with E-state index in [-0.39, 0.29) is 18.1 Å². The molecular formula is C28H38N2O5. The fraction of sp³-hybridized carbons (Fsp3) is 0.500. The number of phenolic OH excluding ortho intramolecular Hbond substituents is 1. The molecule has 2 aromatic rings. The van der Waals surface area contributed by atoms with Crippen LogP contribution in [0.4, 0.5) is 4.79 Å². The van der Waals surface area contributed by atoms with Crippen LogP contribution < -0.4 is 0 Å². The number of benzene rings is 2. The molecule has 2 aromatic carbocycles. The summed E-state index contributed by atoms with van der Waals surface area (Å²) in [6.07, 6.45) is 1.02. The van der Waals surface area contributed by atoms with Crippen LogP contribution in [0.15, 0.2) is 48.5 Å². The van der Waals surface area contributed by atoms with Crippen molar-refractivity contribution in [1.82, 2.24) is 9.80 Å². The third-order valence-corrected chi connectivity index (χ3v) is 6.61. The summed E-state index contributed by atoms with van der Waals surface area (Å²) in [5.41, 5.74) is 1.59. The maximum absolute atomic E-state index is 13.8. The summed E-state index contributed by atoms with van der Waals surface area (Å²) >= 11 is 0. The second kappa shape index (κ2) is 10.7. The predicted octanol–water partition coefficient (Wildman–Crippen LogP) is 4.94. The molecule has 2 amide bonds. The molecule has 2 N–H and O–H groups in total. The van der Waals surface area contributed by atoms with E-state index in [0.717, 1.165) is 29.5 Å². The minimum Gasteiger partial charge on any atom is -0.508 e. The number of hydrogen-bond donors (Lipinski definition) is 2. The molecule has 1 fully saturated rings. The molecule has 1 aliphatic rings. The van der Waals surface area contributed by atoms with Gasteiger partial charge >= 0.3 is 6.09 Å². The van der Waals surface area contributed by atoms with Gasteiger partial charge in [0, 0.05) is 18.6 Å².